The van der Waals surface area contributed by atoms with E-state index < -0.39 is 0 Å². The normalized spacial score (nSPS) is 14.5. The fourth-order valence-electron chi connectivity index (χ4n) is 1.00. The van der Waals surface area contributed by atoms with Crippen molar-refractivity contribution in [1.29, 1.82) is 0 Å². The molecule has 1 aliphatic carbocycles. The first-order chi connectivity index (χ1) is 6.61. The van der Waals surface area contributed by atoms with Gasteiger partial charge in [0.15, 0.2) is 0 Å². The molecule has 2 rings (SSSR count). The van der Waals surface area contributed by atoms with Crippen LogP contribution in [0.5, 0.6) is 5.75 Å². The second-order valence-corrected chi connectivity index (χ2v) is 4.29. The molecule has 0 aliphatic heterocycles. The van der Waals surface area contributed by atoms with Gasteiger partial charge in [-0.2, -0.15) is 0 Å². The molecular formula is C12H17ClO. The molecule has 1 nitrogen and oxygen atoms in total. The molecule has 1 aliphatic rings. The van der Waals surface area contributed by atoms with Gasteiger partial charge in [-0.25, -0.2) is 0 Å². The van der Waals surface area contributed by atoms with Gasteiger partial charge in [0, 0.05) is 5.02 Å². The average Bonchev–Trinajstić information content (AvgIpc) is 2.87. The highest BCUT2D eigenvalue weighted by atomic mass is 35.5. The van der Waals surface area contributed by atoms with Crippen LogP contribution in [-0.4, -0.2) is 5.11 Å². The van der Waals surface area contributed by atoms with Crippen molar-refractivity contribution >= 4 is 11.6 Å². The van der Waals surface area contributed by atoms with Crippen molar-refractivity contribution in [3.8, 4) is 5.75 Å². The van der Waals surface area contributed by atoms with Crippen LogP contribution in [0.2, 0.25) is 5.02 Å². The van der Waals surface area contributed by atoms with E-state index in [-0.39, 0.29) is 5.75 Å². The van der Waals surface area contributed by atoms with Gasteiger partial charge in [0.1, 0.15) is 5.75 Å². The molecule has 0 unspecified atom stereocenters. The van der Waals surface area contributed by atoms with Gasteiger partial charge >= 0.3 is 0 Å². The molecule has 0 bridgehead atoms. The van der Waals surface area contributed by atoms with E-state index in [1.54, 1.807) is 6.07 Å². The van der Waals surface area contributed by atoms with E-state index in [2.05, 4.69) is 6.92 Å². The molecule has 0 atom stereocenters. The first kappa shape index (κ1) is 11.4. The summed E-state index contributed by atoms with van der Waals surface area (Å²) in [6.45, 7) is 4.30. The van der Waals surface area contributed by atoms with Crippen molar-refractivity contribution in [3.05, 3.63) is 28.8 Å². The number of aryl methyl sites for hydroxylation is 1. The molecule has 0 spiro atoms. The van der Waals surface area contributed by atoms with Crippen molar-refractivity contribution in [1.82, 2.24) is 0 Å². The Balaban J connectivity index is 0.000000203. The van der Waals surface area contributed by atoms with E-state index in [1.807, 2.05) is 13.0 Å². The van der Waals surface area contributed by atoms with Gasteiger partial charge in [-0.1, -0.05) is 38.3 Å². The smallest absolute Gasteiger partial charge is 0.117 e. The number of hydrogen-bond acceptors (Lipinski definition) is 1. The van der Waals surface area contributed by atoms with Gasteiger partial charge in [0.25, 0.3) is 0 Å². The molecule has 0 saturated heterocycles. The van der Waals surface area contributed by atoms with E-state index in [0.717, 1.165) is 17.9 Å². The fourth-order valence-corrected chi connectivity index (χ4v) is 1.26. The van der Waals surface area contributed by atoms with Crippen molar-refractivity contribution < 1.29 is 5.11 Å². The molecule has 78 valence electrons. The van der Waals surface area contributed by atoms with Crippen LogP contribution in [0.1, 0.15) is 32.3 Å². The van der Waals surface area contributed by atoms with Crippen LogP contribution in [0.4, 0.5) is 0 Å². The first-order valence-electron chi connectivity index (χ1n) is 5.10. The maximum atomic E-state index is 9.04. The Labute approximate surface area is 90.7 Å². The number of hydrogen-bond donors (Lipinski definition) is 1. The zero-order valence-corrected chi connectivity index (χ0v) is 9.51. The number of benzene rings is 1. The molecule has 2 heteroatoms. The summed E-state index contributed by atoms with van der Waals surface area (Å²) in [5.74, 6) is 1.32. The van der Waals surface area contributed by atoms with Crippen molar-refractivity contribution in [2.24, 2.45) is 5.92 Å². The third kappa shape index (κ3) is 4.52. The van der Waals surface area contributed by atoms with Gasteiger partial charge in [0.05, 0.1) is 0 Å². The Kier molecular flexibility index (Phi) is 4.27. The number of phenols is 1. The molecule has 0 amide bonds. The van der Waals surface area contributed by atoms with E-state index in [1.165, 1.54) is 18.9 Å². The number of halogens is 1. The highest BCUT2D eigenvalue weighted by Crippen LogP contribution is 2.26. The minimum absolute atomic E-state index is 0.240. The minimum atomic E-state index is 0.240. The van der Waals surface area contributed by atoms with Crippen LogP contribution >= 0.6 is 11.6 Å². The number of aromatic hydroxyl groups is 1. The summed E-state index contributed by atoms with van der Waals surface area (Å²) in [5.41, 5.74) is 1.06. The van der Waals surface area contributed by atoms with Crippen LogP contribution in [0, 0.1) is 5.92 Å². The Morgan fingerprint density at radius 2 is 1.93 bits per heavy atom. The lowest BCUT2D eigenvalue weighted by molar-refractivity contribution is 0.474. The van der Waals surface area contributed by atoms with Crippen LogP contribution < -0.4 is 0 Å². The summed E-state index contributed by atoms with van der Waals surface area (Å²) in [5, 5.41) is 9.63. The molecule has 1 saturated carbocycles. The largest absolute Gasteiger partial charge is 0.508 e. The lowest BCUT2D eigenvalue weighted by atomic mass is 10.2. The van der Waals surface area contributed by atoms with Gasteiger partial charge < -0.3 is 5.11 Å². The third-order valence-corrected chi connectivity index (χ3v) is 2.43. The molecule has 1 fully saturated rings. The zero-order valence-electron chi connectivity index (χ0n) is 8.76. The first-order valence-corrected chi connectivity index (χ1v) is 5.48. The lowest BCUT2D eigenvalue weighted by Gasteiger charge is -1.97. The molecule has 14 heavy (non-hydrogen) atoms. The molecule has 0 radical (unpaired) electrons. The van der Waals surface area contributed by atoms with Gasteiger partial charge in [0.2, 0.25) is 0 Å². The summed E-state index contributed by atoms with van der Waals surface area (Å²) >= 11 is 5.67. The quantitative estimate of drug-likeness (QED) is 0.746. The molecular weight excluding hydrogens is 196 g/mol. The molecule has 1 aromatic rings. The Bertz CT molecular complexity index is 272. The second kappa shape index (κ2) is 5.26. The Hall–Kier alpha value is -0.690. The topological polar surface area (TPSA) is 20.2 Å². The maximum absolute atomic E-state index is 9.04. The Morgan fingerprint density at radius 3 is 2.29 bits per heavy atom. The van der Waals surface area contributed by atoms with Gasteiger partial charge in [-0.3, -0.25) is 0 Å². The minimum Gasteiger partial charge on any atom is -0.508 e. The van der Waals surface area contributed by atoms with Gasteiger partial charge in [-0.05, 0) is 36.1 Å². The van der Waals surface area contributed by atoms with E-state index in [0.29, 0.717) is 5.02 Å². The van der Waals surface area contributed by atoms with E-state index >= 15 is 0 Å². The van der Waals surface area contributed by atoms with Crippen LogP contribution in [0.25, 0.3) is 0 Å². The summed E-state index contributed by atoms with van der Waals surface area (Å²) in [6, 6.07) is 5.09. The van der Waals surface area contributed by atoms with E-state index in [9.17, 15) is 0 Å². The molecule has 1 aromatic carbocycles. The maximum Gasteiger partial charge on any atom is 0.117 e. The van der Waals surface area contributed by atoms with Gasteiger partial charge in [-0.15, -0.1) is 0 Å². The summed E-state index contributed by atoms with van der Waals surface area (Å²) in [4.78, 5) is 0. The lowest BCUT2D eigenvalue weighted by Crippen LogP contribution is -1.78. The van der Waals surface area contributed by atoms with E-state index in [4.69, 9.17) is 16.7 Å². The standard InChI is InChI=1S/C8H9ClO.C4H8/c1-2-6-3-7(9)5-8(10)4-6;1-4-2-3-4/h3-5,10H,2H2,1H3;4H,2-3H2,1H3. The monoisotopic (exact) mass is 212 g/mol. The molecule has 0 heterocycles. The van der Waals surface area contributed by atoms with Crippen molar-refractivity contribution in [2.75, 3.05) is 0 Å². The van der Waals surface area contributed by atoms with Crippen LogP contribution in [0.15, 0.2) is 18.2 Å². The molecule has 1 N–H and O–H groups in total. The highest BCUT2D eigenvalue weighted by Gasteiger charge is 2.12. The van der Waals surface area contributed by atoms with Crippen LogP contribution in [0.3, 0.4) is 0 Å². The summed E-state index contributed by atoms with van der Waals surface area (Å²) < 4.78 is 0. The summed E-state index contributed by atoms with van der Waals surface area (Å²) in [6.07, 6.45) is 3.87. The Morgan fingerprint density at radius 1 is 1.36 bits per heavy atom. The van der Waals surface area contributed by atoms with Crippen molar-refractivity contribution in [3.63, 3.8) is 0 Å². The fraction of sp³-hybridized carbons (Fsp3) is 0.500. The predicted octanol–water partition coefficient (Wildman–Crippen LogP) is 4.02. The highest BCUT2D eigenvalue weighted by molar-refractivity contribution is 6.30. The second-order valence-electron chi connectivity index (χ2n) is 3.85. The zero-order chi connectivity index (χ0) is 10.6. The summed E-state index contributed by atoms with van der Waals surface area (Å²) in [7, 11) is 0. The SMILES string of the molecule is CC1CC1.CCc1cc(O)cc(Cl)c1. The number of rotatable bonds is 1. The third-order valence-electron chi connectivity index (χ3n) is 2.22. The van der Waals surface area contributed by atoms with Crippen molar-refractivity contribution in [2.45, 2.75) is 33.1 Å². The average molecular weight is 213 g/mol. The molecule has 0 aromatic heterocycles. The number of phenolic OH excluding ortho intramolecular Hbond substituents is 1. The van der Waals surface area contributed by atoms with Crippen LogP contribution in [-0.2, 0) is 6.42 Å². The predicted molar refractivity (Wildman–Crippen MR) is 60.9 cm³/mol.